The molecular formula is C15H18N2O4. The number of ether oxygens (including phenoxy) is 2. The minimum Gasteiger partial charge on any atom is -0.493 e. The molecule has 0 aliphatic heterocycles. The van der Waals surface area contributed by atoms with Crippen molar-refractivity contribution in [3.05, 3.63) is 41.9 Å². The maximum Gasteiger partial charge on any atom is 0.256 e. The lowest BCUT2D eigenvalue weighted by molar-refractivity contribution is 0.0776. The second kappa shape index (κ2) is 6.21. The van der Waals surface area contributed by atoms with Crippen LogP contribution in [0.5, 0.6) is 11.5 Å². The van der Waals surface area contributed by atoms with Crippen LogP contribution in [0.3, 0.4) is 0 Å². The van der Waals surface area contributed by atoms with E-state index in [0.29, 0.717) is 35.1 Å². The van der Waals surface area contributed by atoms with Gasteiger partial charge in [-0.1, -0.05) is 0 Å². The average molecular weight is 290 g/mol. The molecule has 112 valence electrons. The Kier molecular flexibility index (Phi) is 4.37. The molecule has 0 spiro atoms. The molecule has 1 heterocycles. The average Bonchev–Trinajstić information content (AvgIpc) is 2.99. The van der Waals surface area contributed by atoms with Gasteiger partial charge in [0, 0.05) is 18.8 Å². The maximum atomic E-state index is 12.5. The van der Waals surface area contributed by atoms with Crippen molar-refractivity contribution in [1.82, 2.24) is 4.90 Å². The first-order valence-electron chi connectivity index (χ1n) is 6.36. The monoisotopic (exact) mass is 290 g/mol. The molecule has 1 amide bonds. The van der Waals surface area contributed by atoms with Crippen LogP contribution in [0, 0.1) is 0 Å². The molecule has 0 aliphatic rings. The number of nitrogens with two attached hydrogens (primary N) is 1. The van der Waals surface area contributed by atoms with Gasteiger partial charge >= 0.3 is 0 Å². The minimum absolute atomic E-state index is 0.218. The van der Waals surface area contributed by atoms with E-state index in [0.717, 1.165) is 0 Å². The molecule has 2 N–H and O–H groups in total. The van der Waals surface area contributed by atoms with Gasteiger partial charge in [0.1, 0.15) is 5.76 Å². The van der Waals surface area contributed by atoms with Crippen LogP contribution in [-0.2, 0) is 6.54 Å². The quantitative estimate of drug-likeness (QED) is 0.854. The van der Waals surface area contributed by atoms with Crippen LogP contribution < -0.4 is 15.2 Å². The lowest BCUT2D eigenvalue weighted by Crippen LogP contribution is -2.26. The third-order valence-corrected chi connectivity index (χ3v) is 3.11. The van der Waals surface area contributed by atoms with Crippen molar-refractivity contribution in [2.24, 2.45) is 0 Å². The number of amides is 1. The van der Waals surface area contributed by atoms with Gasteiger partial charge in [-0.05, 0) is 18.2 Å². The highest BCUT2D eigenvalue weighted by molar-refractivity contribution is 5.99. The summed E-state index contributed by atoms with van der Waals surface area (Å²) in [7, 11) is 4.71. The molecule has 0 aliphatic carbocycles. The third-order valence-electron chi connectivity index (χ3n) is 3.11. The Morgan fingerprint density at radius 1 is 1.29 bits per heavy atom. The van der Waals surface area contributed by atoms with Crippen LogP contribution >= 0.6 is 0 Å². The summed E-state index contributed by atoms with van der Waals surface area (Å²) in [5.74, 6) is 1.43. The summed E-state index contributed by atoms with van der Waals surface area (Å²) in [5, 5.41) is 0. The smallest absolute Gasteiger partial charge is 0.256 e. The van der Waals surface area contributed by atoms with Gasteiger partial charge in [-0.15, -0.1) is 0 Å². The van der Waals surface area contributed by atoms with Crippen molar-refractivity contribution in [3.8, 4) is 11.5 Å². The second-order valence-corrected chi connectivity index (χ2v) is 4.54. The van der Waals surface area contributed by atoms with E-state index in [-0.39, 0.29) is 5.91 Å². The van der Waals surface area contributed by atoms with Crippen LogP contribution in [-0.4, -0.2) is 32.1 Å². The van der Waals surface area contributed by atoms with E-state index < -0.39 is 0 Å². The number of rotatable bonds is 5. The van der Waals surface area contributed by atoms with E-state index in [1.807, 2.05) is 6.07 Å². The molecule has 0 radical (unpaired) electrons. The zero-order valence-corrected chi connectivity index (χ0v) is 12.3. The Labute approximate surface area is 123 Å². The Morgan fingerprint density at radius 2 is 1.95 bits per heavy atom. The summed E-state index contributed by atoms with van der Waals surface area (Å²) in [6.45, 7) is 0.361. The number of anilines is 1. The van der Waals surface area contributed by atoms with E-state index in [9.17, 15) is 4.79 Å². The first-order valence-corrected chi connectivity index (χ1v) is 6.36. The van der Waals surface area contributed by atoms with E-state index in [1.54, 1.807) is 31.5 Å². The zero-order valence-electron chi connectivity index (χ0n) is 12.3. The highest BCUT2D eigenvalue weighted by Gasteiger charge is 2.19. The Hall–Kier alpha value is -2.63. The highest BCUT2D eigenvalue weighted by atomic mass is 16.5. The van der Waals surface area contributed by atoms with Gasteiger partial charge in [0.2, 0.25) is 0 Å². The van der Waals surface area contributed by atoms with Gasteiger partial charge in [0.25, 0.3) is 5.91 Å². The molecule has 6 heteroatoms. The Morgan fingerprint density at radius 3 is 2.52 bits per heavy atom. The van der Waals surface area contributed by atoms with Crippen molar-refractivity contribution in [1.29, 1.82) is 0 Å². The Balaban J connectivity index is 2.25. The number of hydrogen-bond donors (Lipinski definition) is 1. The van der Waals surface area contributed by atoms with Gasteiger partial charge < -0.3 is 24.5 Å². The van der Waals surface area contributed by atoms with Crippen molar-refractivity contribution in [3.63, 3.8) is 0 Å². The highest BCUT2D eigenvalue weighted by Crippen LogP contribution is 2.32. The number of carbonyl (C=O) groups excluding carboxylic acids is 1. The van der Waals surface area contributed by atoms with Crippen molar-refractivity contribution >= 4 is 11.6 Å². The summed E-state index contributed by atoms with van der Waals surface area (Å²) < 4.78 is 15.6. The van der Waals surface area contributed by atoms with Gasteiger partial charge in [0.05, 0.1) is 32.6 Å². The molecule has 0 saturated heterocycles. The predicted molar refractivity (Wildman–Crippen MR) is 78.5 cm³/mol. The molecule has 21 heavy (non-hydrogen) atoms. The van der Waals surface area contributed by atoms with Crippen LogP contribution in [0.4, 0.5) is 5.69 Å². The number of methoxy groups -OCH3 is 2. The third kappa shape index (κ3) is 3.10. The van der Waals surface area contributed by atoms with E-state index >= 15 is 0 Å². The summed E-state index contributed by atoms with van der Waals surface area (Å²) in [6, 6.07) is 6.74. The fourth-order valence-electron chi connectivity index (χ4n) is 1.99. The van der Waals surface area contributed by atoms with Gasteiger partial charge in [0.15, 0.2) is 11.5 Å². The molecule has 0 bridgehead atoms. The zero-order chi connectivity index (χ0) is 15.4. The van der Waals surface area contributed by atoms with Crippen molar-refractivity contribution in [2.45, 2.75) is 6.54 Å². The standard InChI is InChI=1S/C15H18N2O4/c1-17(9-10-5-4-6-21-10)15(18)11-7-13(19-2)14(20-3)8-12(11)16/h4-8H,9,16H2,1-3H3. The van der Waals surface area contributed by atoms with Gasteiger partial charge in [-0.3, -0.25) is 4.79 Å². The van der Waals surface area contributed by atoms with Crippen molar-refractivity contribution < 1.29 is 18.7 Å². The summed E-state index contributed by atoms with van der Waals surface area (Å²) in [6.07, 6.45) is 1.57. The van der Waals surface area contributed by atoms with Crippen LogP contribution in [0.15, 0.2) is 34.9 Å². The fourth-order valence-corrected chi connectivity index (χ4v) is 1.99. The predicted octanol–water partition coefficient (Wildman–Crippen LogP) is 2.15. The molecule has 0 atom stereocenters. The summed E-state index contributed by atoms with van der Waals surface area (Å²) in [5.41, 5.74) is 6.63. The number of hydrogen-bond acceptors (Lipinski definition) is 5. The number of furan rings is 1. The molecule has 2 aromatic rings. The first-order chi connectivity index (χ1) is 10.1. The fraction of sp³-hybridized carbons (Fsp3) is 0.267. The largest absolute Gasteiger partial charge is 0.493 e. The number of benzene rings is 1. The SMILES string of the molecule is COc1cc(N)c(C(=O)N(C)Cc2ccco2)cc1OC. The van der Waals surface area contributed by atoms with E-state index in [2.05, 4.69) is 0 Å². The summed E-state index contributed by atoms with van der Waals surface area (Å²) in [4.78, 5) is 14.0. The maximum absolute atomic E-state index is 12.5. The van der Waals surface area contributed by atoms with Gasteiger partial charge in [-0.25, -0.2) is 0 Å². The van der Waals surface area contributed by atoms with Crippen molar-refractivity contribution in [2.75, 3.05) is 27.0 Å². The number of carbonyl (C=O) groups is 1. The number of nitrogens with zero attached hydrogens (tertiary/aromatic N) is 1. The molecule has 0 fully saturated rings. The lowest BCUT2D eigenvalue weighted by atomic mass is 10.1. The normalized spacial score (nSPS) is 10.2. The van der Waals surface area contributed by atoms with E-state index in [1.165, 1.54) is 19.1 Å². The topological polar surface area (TPSA) is 77.9 Å². The lowest BCUT2D eigenvalue weighted by Gasteiger charge is -2.18. The van der Waals surface area contributed by atoms with Crippen LogP contribution in [0.1, 0.15) is 16.1 Å². The molecule has 1 aromatic heterocycles. The second-order valence-electron chi connectivity index (χ2n) is 4.54. The molecule has 0 saturated carbocycles. The molecule has 6 nitrogen and oxygen atoms in total. The number of nitrogen functional groups attached to an aromatic ring is 1. The molecule has 0 unspecified atom stereocenters. The van der Waals surface area contributed by atoms with Crippen LogP contribution in [0.25, 0.3) is 0 Å². The van der Waals surface area contributed by atoms with Gasteiger partial charge in [-0.2, -0.15) is 0 Å². The first kappa shape index (κ1) is 14.8. The molecule has 2 rings (SSSR count). The van der Waals surface area contributed by atoms with Crippen LogP contribution in [0.2, 0.25) is 0 Å². The molecule has 1 aromatic carbocycles. The molecular weight excluding hydrogens is 272 g/mol. The summed E-state index contributed by atoms with van der Waals surface area (Å²) >= 11 is 0. The van der Waals surface area contributed by atoms with E-state index in [4.69, 9.17) is 19.6 Å². The Bertz CT molecular complexity index is 623. The minimum atomic E-state index is -0.218.